The fourth-order valence-corrected chi connectivity index (χ4v) is 2.85. The third-order valence-electron chi connectivity index (χ3n) is 4.48. The van der Waals surface area contributed by atoms with Gasteiger partial charge in [0.05, 0.1) is 27.4 Å². The Morgan fingerprint density at radius 1 is 1.19 bits per heavy atom. The van der Waals surface area contributed by atoms with E-state index in [1.165, 1.54) is 12.8 Å². The zero-order valence-electron chi connectivity index (χ0n) is 16.6. The molecule has 0 spiro atoms. The van der Waals surface area contributed by atoms with Crippen LogP contribution in [0.5, 0.6) is 11.5 Å². The molecule has 27 heavy (non-hydrogen) atoms. The van der Waals surface area contributed by atoms with Gasteiger partial charge in [-0.05, 0) is 37.0 Å². The molecule has 7 nitrogen and oxygen atoms in total. The van der Waals surface area contributed by atoms with E-state index in [0.29, 0.717) is 18.5 Å². The van der Waals surface area contributed by atoms with Crippen LogP contribution in [0.25, 0.3) is 0 Å². The van der Waals surface area contributed by atoms with Gasteiger partial charge < -0.3 is 25.3 Å². The lowest BCUT2D eigenvalue weighted by Gasteiger charge is -2.20. The Morgan fingerprint density at radius 2 is 1.93 bits per heavy atom. The fourth-order valence-electron chi connectivity index (χ4n) is 2.85. The van der Waals surface area contributed by atoms with Crippen LogP contribution in [-0.4, -0.2) is 71.0 Å². The molecule has 1 aliphatic rings. The van der Waals surface area contributed by atoms with Gasteiger partial charge in [-0.25, -0.2) is 0 Å². The van der Waals surface area contributed by atoms with Crippen LogP contribution in [0.3, 0.4) is 0 Å². The Hall–Kier alpha value is -1.26. The number of nitrogens with two attached hydrogens (primary N) is 1. The molecule has 8 heteroatoms. The maximum absolute atomic E-state index is 5.97. The number of methoxy groups -OCH3 is 3. The number of nitrogens with one attached hydrogen (secondary N) is 1. The molecule has 0 amide bonds. The van der Waals surface area contributed by atoms with Gasteiger partial charge in [0.15, 0.2) is 17.5 Å². The van der Waals surface area contributed by atoms with Crippen LogP contribution >= 0.6 is 24.0 Å². The minimum Gasteiger partial charge on any atom is -0.493 e. The molecular weight excluding hydrogens is 459 g/mol. The summed E-state index contributed by atoms with van der Waals surface area (Å²) in [5.41, 5.74) is 7.12. The molecule has 0 radical (unpaired) electrons. The van der Waals surface area contributed by atoms with Gasteiger partial charge in [-0.15, -0.1) is 24.0 Å². The van der Waals surface area contributed by atoms with Crippen molar-refractivity contribution in [2.45, 2.75) is 25.3 Å². The van der Waals surface area contributed by atoms with Gasteiger partial charge in [0.1, 0.15) is 0 Å². The van der Waals surface area contributed by atoms with Crippen molar-refractivity contribution in [2.24, 2.45) is 10.7 Å². The minimum atomic E-state index is 0. The topological polar surface area (TPSA) is 81.3 Å². The average Bonchev–Trinajstić information content (AvgIpc) is 3.49. The number of hydrogen-bond acceptors (Lipinski definition) is 5. The summed E-state index contributed by atoms with van der Waals surface area (Å²) >= 11 is 0. The van der Waals surface area contributed by atoms with E-state index in [9.17, 15) is 0 Å². The fraction of sp³-hybridized carbons (Fsp3) is 0.632. The van der Waals surface area contributed by atoms with Crippen molar-refractivity contribution in [3.05, 3.63) is 23.8 Å². The largest absolute Gasteiger partial charge is 0.493 e. The summed E-state index contributed by atoms with van der Waals surface area (Å²) < 4.78 is 15.7. The van der Waals surface area contributed by atoms with Crippen LogP contribution in [0.15, 0.2) is 23.2 Å². The van der Waals surface area contributed by atoms with Crippen molar-refractivity contribution < 1.29 is 14.2 Å². The summed E-state index contributed by atoms with van der Waals surface area (Å²) in [6, 6.07) is 6.63. The smallest absolute Gasteiger partial charge is 0.188 e. The minimum absolute atomic E-state index is 0. The highest BCUT2D eigenvalue weighted by molar-refractivity contribution is 14.0. The zero-order valence-corrected chi connectivity index (χ0v) is 18.9. The van der Waals surface area contributed by atoms with Crippen LogP contribution in [0, 0.1) is 0 Å². The zero-order chi connectivity index (χ0) is 18.8. The molecule has 0 bridgehead atoms. The first-order chi connectivity index (χ1) is 12.7. The summed E-state index contributed by atoms with van der Waals surface area (Å²) in [5, 5.41) is 3.17. The van der Waals surface area contributed by atoms with Crippen molar-refractivity contribution in [3.63, 3.8) is 0 Å². The second-order valence-electron chi connectivity index (χ2n) is 6.39. The van der Waals surface area contributed by atoms with E-state index < -0.39 is 0 Å². The second-order valence-corrected chi connectivity index (χ2v) is 6.39. The van der Waals surface area contributed by atoms with Gasteiger partial charge >= 0.3 is 0 Å². The van der Waals surface area contributed by atoms with Gasteiger partial charge in [-0.3, -0.25) is 9.89 Å². The molecule has 1 aromatic rings. The molecule has 0 aliphatic heterocycles. The van der Waals surface area contributed by atoms with Gasteiger partial charge in [0, 0.05) is 32.8 Å². The third kappa shape index (κ3) is 8.52. The van der Waals surface area contributed by atoms with Crippen molar-refractivity contribution >= 4 is 29.9 Å². The number of rotatable bonds is 12. The Morgan fingerprint density at radius 3 is 2.56 bits per heavy atom. The number of nitrogens with zero attached hydrogens (tertiary/aromatic N) is 2. The summed E-state index contributed by atoms with van der Waals surface area (Å²) in [4.78, 5) is 6.87. The highest BCUT2D eigenvalue weighted by atomic mass is 127. The van der Waals surface area contributed by atoms with Crippen molar-refractivity contribution in [3.8, 4) is 11.5 Å². The molecule has 0 unspecified atom stereocenters. The average molecular weight is 492 g/mol. The van der Waals surface area contributed by atoms with Gasteiger partial charge in [-0.2, -0.15) is 0 Å². The van der Waals surface area contributed by atoms with Crippen molar-refractivity contribution in [2.75, 3.05) is 54.1 Å². The van der Waals surface area contributed by atoms with E-state index in [4.69, 9.17) is 19.9 Å². The quantitative estimate of drug-likeness (QED) is 0.264. The van der Waals surface area contributed by atoms with Crippen molar-refractivity contribution in [1.29, 1.82) is 0 Å². The molecule has 0 saturated heterocycles. The molecule has 1 aliphatic carbocycles. The monoisotopic (exact) mass is 492 g/mol. The molecule has 1 fully saturated rings. The molecule has 1 saturated carbocycles. The van der Waals surface area contributed by atoms with Crippen LogP contribution < -0.4 is 20.5 Å². The predicted molar refractivity (Wildman–Crippen MR) is 120 cm³/mol. The Bertz CT molecular complexity index is 582. The summed E-state index contributed by atoms with van der Waals surface area (Å²) in [5.74, 6) is 1.97. The molecule has 0 atom stereocenters. The maximum atomic E-state index is 5.97. The standard InChI is InChI=1S/C19H32N4O3.HI/c1-24-13-12-23(16-5-6-16)11-10-22-19(20)21-9-8-15-4-7-17(25-2)18(14-15)26-3;/h4,7,14,16H,5-6,8-13H2,1-3H3,(H3,20,21,22);1H. The Labute approximate surface area is 179 Å². The Kier molecular flexibility index (Phi) is 11.5. The number of ether oxygens (including phenoxy) is 3. The third-order valence-corrected chi connectivity index (χ3v) is 4.48. The molecular formula is C19H33IN4O3. The van der Waals surface area contributed by atoms with E-state index in [-0.39, 0.29) is 24.0 Å². The molecule has 2 rings (SSSR count). The lowest BCUT2D eigenvalue weighted by Crippen LogP contribution is -2.35. The number of hydrogen-bond donors (Lipinski definition) is 2. The summed E-state index contributed by atoms with van der Waals surface area (Å²) in [6.07, 6.45) is 3.40. The number of halogens is 1. The van der Waals surface area contributed by atoms with Gasteiger partial charge in [0.2, 0.25) is 0 Å². The molecule has 154 valence electrons. The number of guanidine groups is 1. The van der Waals surface area contributed by atoms with E-state index >= 15 is 0 Å². The van der Waals surface area contributed by atoms with E-state index in [0.717, 1.165) is 49.7 Å². The molecule has 0 aromatic heterocycles. The van der Waals surface area contributed by atoms with E-state index in [2.05, 4.69) is 15.2 Å². The molecule has 0 heterocycles. The van der Waals surface area contributed by atoms with E-state index in [1.54, 1.807) is 21.3 Å². The van der Waals surface area contributed by atoms with E-state index in [1.807, 2.05) is 18.2 Å². The van der Waals surface area contributed by atoms with Crippen LogP contribution in [0.4, 0.5) is 0 Å². The predicted octanol–water partition coefficient (Wildman–Crippen LogP) is 1.88. The van der Waals surface area contributed by atoms with Gasteiger partial charge in [-0.1, -0.05) is 6.07 Å². The van der Waals surface area contributed by atoms with Crippen LogP contribution in [0.1, 0.15) is 18.4 Å². The Balaban J connectivity index is 0.00000364. The maximum Gasteiger partial charge on any atom is 0.188 e. The second kappa shape index (κ2) is 13.0. The normalized spacial score (nSPS) is 14.0. The first kappa shape index (κ1) is 23.8. The molecule has 1 aromatic carbocycles. The summed E-state index contributed by atoms with van der Waals surface area (Å²) in [6.45, 7) is 4.07. The summed E-state index contributed by atoms with van der Waals surface area (Å²) in [7, 11) is 5.02. The number of aliphatic imine (C=N–C) groups is 1. The first-order valence-electron chi connectivity index (χ1n) is 9.15. The SMILES string of the molecule is COCCN(CCN=C(N)NCCc1ccc(OC)c(OC)c1)C1CC1.I. The molecule has 3 N–H and O–H groups in total. The first-order valence-corrected chi connectivity index (χ1v) is 9.15. The van der Waals surface area contributed by atoms with Crippen LogP contribution in [0.2, 0.25) is 0 Å². The highest BCUT2D eigenvalue weighted by Gasteiger charge is 2.27. The number of benzene rings is 1. The van der Waals surface area contributed by atoms with Gasteiger partial charge in [0.25, 0.3) is 0 Å². The highest BCUT2D eigenvalue weighted by Crippen LogP contribution is 2.27. The van der Waals surface area contributed by atoms with Crippen LogP contribution in [-0.2, 0) is 11.2 Å². The van der Waals surface area contributed by atoms with Crippen molar-refractivity contribution in [1.82, 2.24) is 10.2 Å². The lowest BCUT2D eigenvalue weighted by atomic mass is 10.1. The lowest BCUT2D eigenvalue weighted by molar-refractivity contribution is 0.145.